The molecule has 1 saturated heterocycles. The number of ether oxygens (including phenoxy) is 1. The predicted molar refractivity (Wildman–Crippen MR) is 71.1 cm³/mol. The highest BCUT2D eigenvalue weighted by Gasteiger charge is 2.15. The molecule has 0 aliphatic carbocycles. The van der Waals surface area contributed by atoms with Crippen LogP contribution in [0.4, 0.5) is 5.69 Å². The van der Waals surface area contributed by atoms with Crippen LogP contribution in [0.1, 0.15) is 32.3 Å². The van der Waals surface area contributed by atoms with Crippen LogP contribution in [0.25, 0.3) is 0 Å². The first-order valence-corrected chi connectivity index (χ1v) is 6.42. The van der Waals surface area contributed by atoms with Crippen LogP contribution < -0.4 is 10.5 Å². The van der Waals surface area contributed by atoms with Gasteiger partial charge in [0.2, 0.25) is 0 Å². The van der Waals surface area contributed by atoms with Gasteiger partial charge in [-0.3, -0.25) is 4.90 Å². The molecule has 1 aromatic rings. The van der Waals surface area contributed by atoms with Crippen molar-refractivity contribution < 1.29 is 4.74 Å². The minimum Gasteiger partial charge on any atom is -0.491 e. The summed E-state index contributed by atoms with van der Waals surface area (Å²) >= 11 is 0. The van der Waals surface area contributed by atoms with Crippen LogP contribution in [0.5, 0.6) is 5.75 Å². The van der Waals surface area contributed by atoms with Gasteiger partial charge >= 0.3 is 0 Å². The molecule has 1 fully saturated rings. The minimum absolute atomic E-state index is 0.205. The highest BCUT2D eigenvalue weighted by Crippen LogP contribution is 2.25. The van der Waals surface area contributed by atoms with E-state index in [4.69, 9.17) is 10.5 Å². The van der Waals surface area contributed by atoms with Gasteiger partial charge in [0.05, 0.1) is 6.10 Å². The Bertz CT molecular complexity index is 370. The summed E-state index contributed by atoms with van der Waals surface area (Å²) in [6, 6.07) is 5.93. The number of anilines is 1. The Balaban J connectivity index is 2.13. The van der Waals surface area contributed by atoms with E-state index in [1.165, 1.54) is 31.5 Å². The maximum atomic E-state index is 5.86. The highest BCUT2D eigenvalue weighted by molar-refractivity contribution is 5.48. The van der Waals surface area contributed by atoms with Gasteiger partial charge in [0, 0.05) is 17.8 Å². The molecule has 0 unspecified atom stereocenters. The first-order chi connectivity index (χ1) is 8.15. The second-order valence-corrected chi connectivity index (χ2v) is 5.02. The molecule has 2 N–H and O–H groups in total. The number of benzene rings is 1. The number of rotatable bonds is 4. The fourth-order valence-electron chi connectivity index (χ4n) is 2.27. The smallest absolute Gasteiger partial charge is 0.124 e. The SMILES string of the molecule is CC(C)Oc1ccc(N)cc1CN1CCCC1. The quantitative estimate of drug-likeness (QED) is 0.814. The van der Waals surface area contributed by atoms with Gasteiger partial charge in [0.1, 0.15) is 5.75 Å². The monoisotopic (exact) mass is 234 g/mol. The third-order valence-electron chi connectivity index (χ3n) is 3.04. The van der Waals surface area contributed by atoms with E-state index in [-0.39, 0.29) is 6.10 Å². The first kappa shape index (κ1) is 12.2. The van der Waals surface area contributed by atoms with Gasteiger partial charge in [-0.15, -0.1) is 0 Å². The topological polar surface area (TPSA) is 38.5 Å². The number of hydrogen-bond donors (Lipinski definition) is 1. The van der Waals surface area contributed by atoms with Crippen LogP contribution in [-0.2, 0) is 6.54 Å². The van der Waals surface area contributed by atoms with E-state index in [9.17, 15) is 0 Å². The van der Waals surface area contributed by atoms with Gasteiger partial charge < -0.3 is 10.5 Å². The molecular weight excluding hydrogens is 212 g/mol. The molecule has 3 heteroatoms. The molecule has 1 heterocycles. The van der Waals surface area contributed by atoms with E-state index in [2.05, 4.69) is 18.7 Å². The molecule has 0 amide bonds. The maximum Gasteiger partial charge on any atom is 0.124 e. The first-order valence-electron chi connectivity index (χ1n) is 6.42. The summed E-state index contributed by atoms with van der Waals surface area (Å²) in [7, 11) is 0. The fraction of sp³-hybridized carbons (Fsp3) is 0.571. The van der Waals surface area contributed by atoms with E-state index in [1.807, 2.05) is 18.2 Å². The summed E-state index contributed by atoms with van der Waals surface area (Å²) in [5.74, 6) is 0.973. The average molecular weight is 234 g/mol. The van der Waals surface area contributed by atoms with Gasteiger partial charge in [-0.2, -0.15) is 0 Å². The predicted octanol–water partition coefficient (Wildman–Crippen LogP) is 2.65. The largest absolute Gasteiger partial charge is 0.491 e. The van der Waals surface area contributed by atoms with Gasteiger partial charge in [0.25, 0.3) is 0 Å². The zero-order chi connectivity index (χ0) is 12.3. The van der Waals surface area contributed by atoms with Crippen molar-refractivity contribution >= 4 is 5.69 Å². The Hall–Kier alpha value is -1.22. The van der Waals surface area contributed by atoms with Crippen LogP contribution in [0.15, 0.2) is 18.2 Å². The van der Waals surface area contributed by atoms with Crippen LogP contribution in [-0.4, -0.2) is 24.1 Å². The van der Waals surface area contributed by atoms with Crippen molar-refractivity contribution in [3.63, 3.8) is 0 Å². The number of nitrogen functional groups attached to an aromatic ring is 1. The van der Waals surface area contributed by atoms with Crippen molar-refractivity contribution in [1.29, 1.82) is 0 Å². The van der Waals surface area contributed by atoms with Gasteiger partial charge in [-0.25, -0.2) is 0 Å². The second kappa shape index (κ2) is 5.41. The third-order valence-corrected chi connectivity index (χ3v) is 3.04. The molecule has 0 radical (unpaired) electrons. The van der Waals surface area contributed by atoms with Gasteiger partial charge in [-0.05, 0) is 58.0 Å². The highest BCUT2D eigenvalue weighted by atomic mass is 16.5. The molecule has 3 nitrogen and oxygen atoms in total. The third kappa shape index (κ3) is 3.37. The van der Waals surface area contributed by atoms with Gasteiger partial charge in [0.15, 0.2) is 0 Å². The Labute approximate surface area is 104 Å². The molecule has 0 saturated carbocycles. The van der Waals surface area contributed by atoms with E-state index in [0.717, 1.165) is 18.0 Å². The number of nitrogens with two attached hydrogens (primary N) is 1. The normalized spacial score (nSPS) is 16.6. The summed E-state index contributed by atoms with van der Waals surface area (Å²) in [6.07, 6.45) is 2.82. The van der Waals surface area contributed by atoms with Crippen molar-refractivity contribution in [2.45, 2.75) is 39.3 Å². The fourth-order valence-corrected chi connectivity index (χ4v) is 2.27. The lowest BCUT2D eigenvalue weighted by Gasteiger charge is -2.19. The lowest BCUT2D eigenvalue weighted by molar-refractivity contribution is 0.234. The summed E-state index contributed by atoms with van der Waals surface area (Å²) < 4.78 is 5.83. The molecule has 1 aliphatic rings. The average Bonchev–Trinajstić information content (AvgIpc) is 2.74. The van der Waals surface area contributed by atoms with Crippen LogP contribution in [0.3, 0.4) is 0 Å². The van der Waals surface area contributed by atoms with Crippen molar-refractivity contribution in [2.24, 2.45) is 0 Å². The molecule has 1 aromatic carbocycles. The van der Waals surface area contributed by atoms with Crippen LogP contribution in [0, 0.1) is 0 Å². The summed E-state index contributed by atoms with van der Waals surface area (Å²) in [6.45, 7) is 7.44. The van der Waals surface area contributed by atoms with E-state index in [0.29, 0.717) is 0 Å². The molecule has 0 bridgehead atoms. The van der Waals surface area contributed by atoms with Crippen molar-refractivity contribution in [1.82, 2.24) is 4.90 Å². The van der Waals surface area contributed by atoms with Crippen LogP contribution in [0.2, 0.25) is 0 Å². The Morgan fingerprint density at radius 2 is 2.00 bits per heavy atom. The number of nitrogens with zero attached hydrogens (tertiary/aromatic N) is 1. The van der Waals surface area contributed by atoms with Crippen LogP contribution >= 0.6 is 0 Å². The van der Waals surface area contributed by atoms with Gasteiger partial charge in [-0.1, -0.05) is 0 Å². The molecule has 0 atom stereocenters. The minimum atomic E-state index is 0.205. The molecular formula is C14H22N2O. The molecule has 0 spiro atoms. The second-order valence-electron chi connectivity index (χ2n) is 5.02. The number of hydrogen-bond acceptors (Lipinski definition) is 3. The molecule has 0 aromatic heterocycles. The summed E-state index contributed by atoms with van der Waals surface area (Å²) in [5, 5.41) is 0. The lowest BCUT2D eigenvalue weighted by Crippen LogP contribution is -2.19. The molecule has 2 rings (SSSR count). The summed E-state index contributed by atoms with van der Waals surface area (Å²) in [4.78, 5) is 2.46. The standard InChI is InChI=1S/C14H22N2O/c1-11(2)17-14-6-5-13(15)9-12(14)10-16-7-3-4-8-16/h5-6,9,11H,3-4,7-8,10,15H2,1-2H3. The Morgan fingerprint density at radius 3 is 2.65 bits per heavy atom. The van der Waals surface area contributed by atoms with E-state index in [1.54, 1.807) is 0 Å². The Morgan fingerprint density at radius 1 is 1.29 bits per heavy atom. The van der Waals surface area contributed by atoms with E-state index >= 15 is 0 Å². The zero-order valence-electron chi connectivity index (χ0n) is 10.8. The molecule has 17 heavy (non-hydrogen) atoms. The maximum absolute atomic E-state index is 5.86. The van der Waals surface area contributed by atoms with E-state index < -0.39 is 0 Å². The van der Waals surface area contributed by atoms with Crippen molar-refractivity contribution in [3.05, 3.63) is 23.8 Å². The Kier molecular flexibility index (Phi) is 3.89. The summed E-state index contributed by atoms with van der Waals surface area (Å²) in [5.41, 5.74) is 7.88. The molecule has 94 valence electrons. The zero-order valence-corrected chi connectivity index (χ0v) is 10.8. The lowest BCUT2D eigenvalue weighted by atomic mass is 10.1. The van der Waals surface area contributed by atoms with Crippen molar-refractivity contribution in [2.75, 3.05) is 18.8 Å². The number of likely N-dealkylation sites (tertiary alicyclic amines) is 1. The molecule has 1 aliphatic heterocycles. The van der Waals surface area contributed by atoms with Crippen molar-refractivity contribution in [3.8, 4) is 5.75 Å².